The van der Waals surface area contributed by atoms with Gasteiger partial charge in [0.15, 0.2) is 0 Å². The number of sulfonamides is 1. The summed E-state index contributed by atoms with van der Waals surface area (Å²) < 4.78 is 64.1. The molecule has 1 aromatic heterocycles. The van der Waals surface area contributed by atoms with Gasteiger partial charge < -0.3 is 0 Å². The van der Waals surface area contributed by atoms with Crippen LogP contribution in [0, 0.1) is 0 Å². The summed E-state index contributed by atoms with van der Waals surface area (Å²) in [5, 5.41) is 5.93. The zero-order valence-corrected chi connectivity index (χ0v) is 10.8. The molecule has 1 aromatic carbocycles. The van der Waals surface area contributed by atoms with E-state index in [2.05, 4.69) is 14.9 Å². The largest absolute Gasteiger partial charge is 0.416 e. The van der Waals surface area contributed by atoms with E-state index >= 15 is 0 Å². The average Bonchev–Trinajstić information content (AvgIpc) is 2.79. The molecule has 5 nitrogen and oxygen atoms in total. The van der Waals surface area contributed by atoms with Crippen molar-refractivity contribution in [2.24, 2.45) is 0 Å². The van der Waals surface area contributed by atoms with Gasteiger partial charge in [-0.1, -0.05) is 18.2 Å². The van der Waals surface area contributed by atoms with E-state index in [0.717, 1.165) is 12.1 Å². The van der Waals surface area contributed by atoms with Gasteiger partial charge in [-0.3, -0.25) is 9.82 Å². The lowest BCUT2D eigenvalue weighted by Gasteiger charge is -2.13. The fourth-order valence-electron chi connectivity index (χ4n) is 1.65. The first-order valence-corrected chi connectivity index (χ1v) is 7.07. The van der Waals surface area contributed by atoms with Crippen LogP contribution in [0.15, 0.2) is 36.7 Å². The second kappa shape index (κ2) is 5.16. The van der Waals surface area contributed by atoms with Crippen molar-refractivity contribution in [2.45, 2.75) is 11.9 Å². The van der Waals surface area contributed by atoms with Crippen molar-refractivity contribution in [2.75, 3.05) is 4.72 Å². The Morgan fingerprint density at radius 3 is 2.55 bits per heavy atom. The minimum Gasteiger partial charge on any atom is -0.284 e. The molecule has 0 saturated carbocycles. The SMILES string of the molecule is O=S(=O)(Cc1ccccc1C(F)(F)F)Nc1cn[nH]c1. The topological polar surface area (TPSA) is 74.8 Å². The van der Waals surface area contributed by atoms with Gasteiger partial charge in [0.05, 0.1) is 23.2 Å². The van der Waals surface area contributed by atoms with Gasteiger partial charge in [-0.05, 0) is 11.6 Å². The van der Waals surface area contributed by atoms with Gasteiger partial charge in [0, 0.05) is 6.20 Å². The normalized spacial score (nSPS) is 12.3. The summed E-state index contributed by atoms with van der Waals surface area (Å²) >= 11 is 0. The Hall–Kier alpha value is -2.03. The zero-order valence-electron chi connectivity index (χ0n) is 9.98. The standard InChI is InChI=1S/C11H10F3N3O2S/c12-11(13,14)10-4-2-1-3-8(10)7-20(18,19)17-9-5-15-16-6-9/h1-6,17H,7H2,(H,15,16). The van der Waals surface area contributed by atoms with Crippen LogP contribution in [0.5, 0.6) is 0 Å². The molecule has 2 rings (SSSR count). The molecule has 108 valence electrons. The number of rotatable bonds is 4. The van der Waals surface area contributed by atoms with Crippen molar-refractivity contribution in [3.8, 4) is 0 Å². The molecular formula is C11H10F3N3O2S. The maximum Gasteiger partial charge on any atom is 0.416 e. The van der Waals surface area contributed by atoms with E-state index in [1.54, 1.807) is 0 Å². The van der Waals surface area contributed by atoms with Crippen LogP contribution >= 0.6 is 0 Å². The Kier molecular flexibility index (Phi) is 3.71. The van der Waals surface area contributed by atoms with Crippen molar-refractivity contribution in [1.29, 1.82) is 0 Å². The van der Waals surface area contributed by atoms with Gasteiger partial charge in [-0.25, -0.2) is 8.42 Å². The molecule has 2 N–H and O–H groups in total. The Morgan fingerprint density at radius 2 is 1.95 bits per heavy atom. The summed E-state index contributed by atoms with van der Waals surface area (Å²) in [6, 6.07) is 4.56. The lowest BCUT2D eigenvalue weighted by Crippen LogP contribution is -2.18. The summed E-state index contributed by atoms with van der Waals surface area (Å²) in [4.78, 5) is 0. The van der Waals surface area contributed by atoms with Crippen LogP contribution in [0.25, 0.3) is 0 Å². The Labute approximate surface area is 112 Å². The fourth-order valence-corrected chi connectivity index (χ4v) is 2.85. The van der Waals surface area contributed by atoms with Gasteiger partial charge in [0.1, 0.15) is 0 Å². The number of nitrogens with zero attached hydrogens (tertiary/aromatic N) is 1. The molecule has 0 atom stereocenters. The first kappa shape index (κ1) is 14.4. The van der Waals surface area contributed by atoms with Crippen LogP contribution < -0.4 is 4.72 Å². The van der Waals surface area contributed by atoms with E-state index in [4.69, 9.17) is 0 Å². The molecule has 0 aliphatic carbocycles. The Morgan fingerprint density at radius 1 is 1.25 bits per heavy atom. The highest BCUT2D eigenvalue weighted by atomic mass is 32.2. The number of halogens is 3. The number of alkyl halides is 3. The zero-order chi connectivity index (χ0) is 14.8. The van der Waals surface area contributed by atoms with E-state index < -0.39 is 27.5 Å². The van der Waals surface area contributed by atoms with Crippen molar-refractivity contribution >= 4 is 15.7 Å². The van der Waals surface area contributed by atoms with Gasteiger partial charge in [-0.15, -0.1) is 0 Å². The molecule has 0 aliphatic rings. The Bertz CT molecular complexity index is 681. The molecular weight excluding hydrogens is 295 g/mol. The second-order valence-electron chi connectivity index (χ2n) is 4.00. The molecule has 0 amide bonds. The molecule has 0 aliphatic heterocycles. The number of H-pyrrole nitrogens is 1. The van der Waals surface area contributed by atoms with Crippen LogP contribution in [-0.4, -0.2) is 18.6 Å². The van der Waals surface area contributed by atoms with Crippen LogP contribution in [0.3, 0.4) is 0 Å². The van der Waals surface area contributed by atoms with Crippen LogP contribution in [-0.2, 0) is 22.0 Å². The molecule has 2 aromatic rings. The van der Waals surface area contributed by atoms with E-state index in [9.17, 15) is 21.6 Å². The summed E-state index contributed by atoms with van der Waals surface area (Å²) in [7, 11) is -3.95. The minimum atomic E-state index is -4.60. The second-order valence-corrected chi connectivity index (χ2v) is 5.73. The number of anilines is 1. The lowest BCUT2D eigenvalue weighted by atomic mass is 10.1. The lowest BCUT2D eigenvalue weighted by molar-refractivity contribution is -0.138. The van der Waals surface area contributed by atoms with Crippen molar-refractivity contribution in [1.82, 2.24) is 10.2 Å². The molecule has 20 heavy (non-hydrogen) atoms. The third-order valence-electron chi connectivity index (χ3n) is 2.44. The Balaban J connectivity index is 2.26. The highest BCUT2D eigenvalue weighted by Gasteiger charge is 2.34. The summed E-state index contributed by atoms with van der Waals surface area (Å²) in [6.45, 7) is 0. The van der Waals surface area contributed by atoms with Crippen molar-refractivity contribution in [3.63, 3.8) is 0 Å². The summed E-state index contributed by atoms with van der Waals surface area (Å²) in [5.41, 5.74) is -1.11. The molecule has 0 spiro atoms. The van der Waals surface area contributed by atoms with Crippen molar-refractivity contribution < 1.29 is 21.6 Å². The van der Waals surface area contributed by atoms with Gasteiger partial charge in [0.25, 0.3) is 0 Å². The monoisotopic (exact) mass is 305 g/mol. The first-order valence-electron chi connectivity index (χ1n) is 5.42. The number of aromatic nitrogens is 2. The smallest absolute Gasteiger partial charge is 0.284 e. The molecule has 0 unspecified atom stereocenters. The predicted molar refractivity (Wildman–Crippen MR) is 66.3 cm³/mol. The summed E-state index contributed by atoms with van der Waals surface area (Å²) in [5.74, 6) is -0.770. The van der Waals surface area contributed by atoms with Crippen molar-refractivity contribution in [3.05, 3.63) is 47.8 Å². The van der Waals surface area contributed by atoms with Crippen LogP contribution in [0.4, 0.5) is 18.9 Å². The third kappa shape index (κ3) is 3.50. The predicted octanol–water partition coefficient (Wildman–Crippen LogP) is 2.37. The van der Waals surface area contributed by atoms with E-state index in [1.807, 2.05) is 0 Å². The van der Waals surface area contributed by atoms with Gasteiger partial charge >= 0.3 is 6.18 Å². The fraction of sp³-hybridized carbons (Fsp3) is 0.182. The molecule has 0 saturated heterocycles. The van der Waals surface area contributed by atoms with Crippen LogP contribution in [0.1, 0.15) is 11.1 Å². The average molecular weight is 305 g/mol. The number of hydrogen-bond donors (Lipinski definition) is 2. The molecule has 0 radical (unpaired) electrons. The number of aromatic amines is 1. The number of nitrogens with one attached hydrogen (secondary N) is 2. The minimum absolute atomic E-state index is 0.162. The first-order chi connectivity index (χ1) is 9.28. The van der Waals surface area contributed by atoms with E-state index in [-0.39, 0.29) is 11.3 Å². The number of benzene rings is 1. The van der Waals surface area contributed by atoms with Gasteiger partial charge in [-0.2, -0.15) is 18.3 Å². The molecule has 0 fully saturated rings. The third-order valence-corrected chi connectivity index (χ3v) is 3.68. The summed E-state index contributed by atoms with van der Waals surface area (Å²) in [6.07, 6.45) is -2.10. The molecule has 9 heteroatoms. The van der Waals surface area contributed by atoms with Gasteiger partial charge in [0.2, 0.25) is 10.0 Å². The highest BCUT2D eigenvalue weighted by molar-refractivity contribution is 7.91. The molecule has 1 heterocycles. The maximum absolute atomic E-state index is 12.8. The quantitative estimate of drug-likeness (QED) is 0.910. The van der Waals surface area contributed by atoms with E-state index in [1.165, 1.54) is 24.5 Å². The highest BCUT2D eigenvalue weighted by Crippen LogP contribution is 2.32. The molecule has 0 bridgehead atoms. The maximum atomic E-state index is 12.8. The van der Waals surface area contributed by atoms with Crippen LogP contribution in [0.2, 0.25) is 0 Å². The van der Waals surface area contributed by atoms with E-state index in [0.29, 0.717) is 0 Å². The number of hydrogen-bond acceptors (Lipinski definition) is 3.